The normalized spacial score (nSPS) is 13.5. The molecule has 0 aromatic carbocycles. The van der Waals surface area contributed by atoms with Crippen LogP contribution in [0.1, 0.15) is 29.6 Å². The number of rotatable bonds is 2. The minimum absolute atomic E-state index is 0.164. The van der Waals surface area contributed by atoms with Crippen LogP contribution in [0.25, 0.3) is 0 Å². The first-order valence-corrected chi connectivity index (χ1v) is 5.29. The summed E-state index contributed by atoms with van der Waals surface area (Å²) >= 11 is 5.30. The van der Waals surface area contributed by atoms with Crippen molar-refractivity contribution in [2.24, 2.45) is 5.73 Å². The Labute approximate surface area is 79.7 Å². The van der Waals surface area contributed by atoms with Gasteiger partial charge in [-0.05, 0) is 35.3 Å². The number of halogens is 1. The van der Waals surface area contributed by atoms with Crippen molar-refractivity contribution >= 4 is 27.3 Å². The lowest BCUT2D eigenvalue weighted by Gasteiger charge is -1.97. The molecule has 0 saturated heterocycles. The molecule has 0 radical (unpaired) electrons. The first-order valence-electron chi connectivity index (χ1n) is 3.68. The van der Waals surface area contributed by atoms with E-state index < -0.39 is 0 Å². The minimum atomic E-state index is 0.164. The van der Waals surface area contributed by atoms with E-state index >= 15 is 0 Å². The van der Waals surface area contributed by atoms with E-state index in [0.717, 1.165) is 6.42 Å². The van der Waals surface area contributed by atoms with Crippen molar-refractivity contribution < 1.29 is 0 Å². The molecular weight excluding hydrogens is 222 g/mol. The van der Waals surface area contributed by atoms with Gasteiger partial charge in [-0.3, -0.25) is 0 Å². The molecule has 62 valence electrons. The van der Waals surface area contributed by atoms with Gasteiger partial charge in [-0.2, -0.15) is 0 Å². The van der Waals surface area contributed by atoms with E-state index in [0.29, 0.717) is 0 Å². The van der Waals surface area contributed by atoms with Crippen molar-refractivity contribution in [2.75, 3.05) is 0 Å². The summed E-state index contributed by atoms with van der Waals surface area (Å²) in [4.78, 5) is 2.64. The van der Waals surface area contributed by atoms with Crippen LogP contribution in [0.2, 0.25) is 0 Å². The summed E-state index contributed by atoms with van der Waals surface area (Å²) in [5.74, 6) is 0. The molecule has 0 saturated carbocycles. The second kappa shape index (κ2) is 3.70. The Morgan fingerprint density at radius 3 is 2.64 bits per heavy atom. The van der Waals surface area contributed by atoms with Gasteiger partial charge < -0.3 is 5.73 Å². The molecule has 0 bridgehead atoms. The zero-order valence-corrected chi connectivity index (χ0v) is 9.13. The largest absolute Gasteiger partial charge is 0.324 e. The van der Waals surface area contributed by atoms with Crippen LogP contribution in [0, 0.1) is 0 Å². The van der Waals surface area contributed by atoms with Crippen LogP contribution in [-0.2, 0) is 6.42 Å². The lowest BCUT2D eigenvalue weighted by molar-refractivity contribution is 0.838. The molecule has 0 aliphatic rings. The summed E-state index contributed by atoms with van der Waals surface area (Å²) in [5.41, 5.74) is 5.74. The molecule has 0 fully saturated rings. The highest BCUT2D eigenvalue weighted by Crippen LogP contribution is 2.30. The number of hydrogen-bond acceptors (Lipinski definition) is 2. The third-order valence-corrected chi connectivity index (χ3v) is 4.00. The van der Waals surface area contributed by atoms with Crippen molar-refractivity contribution in [2.45, 2.75) is 26.3 Å². The lowest BCUT2D eigenvalue weighted by atomic mass is 10.3. The van der Waals surface area contributed by atoms with Crippen molar-refractivity contribution in [1.82, 2.24) is 0 Å². The van der Waals surface area contributed by atoms with Gasteiger partial charge >= 0.3 is 0 Å². The van der Waals surface area contributed by atoms with E-state index in [1.165, 1.54) is 14.2 Å². The van der Waals surface area contributed by atoms with E-state index in [4.69, 9.17) is 5.73 Å². The summed E-state index contributed by atoms with van der Waals surface area (Å²) in [5, 5.41) is 0. The molecule has 3 heteroatoms. The first-order chi connectivity index (χ1) is 5.15. The van der Waals surface area contributed by atoms with Gasteiger partial charge in [0.15, 0.2) is 0 Å². The Balaban J connectivity index is 2.95. The molecule has 0 spiro atoms. The Morgan fingerprint density at radius 1 is 1.73 bits per heavy atom. The van der Waals surface area contributed by atoms with Crippen LogP contribution in [0.4, 0.5) is 0 Å². The van der Waals surface area contributed by atoms with Gasteiger partial charge in [0.05, 0.1) is 0 Å². The second-order valence-corrected chi connectivity index (χ2v) is 4.58. The predicted molar refractivity (Wildman–Crippen MR) is 54.0 cm³/mol. The lowest BCUT2D eigenvalue weighted by Crippen LogP contribution is -2.01. The maximum atomic E-state index is 5.74. The van der Waals surface area contributed by atoms with Gasteiger partial charge in [-0.1, -0.05) is 6.92 Å². The standard InChI is InChI=1S/C8H12BrNS/c1-3-7-6(9)4-8(11-7)5(2)10/h4-5H,3,10H2,1-2H3. The van der Waals surface area contributed by atoms with Crippen molar-refractivity contribution in [3.8, 4) is 0 Å². The molecule has 11 heavy (non-hydrogen) atoms. The van der Waals surface area contributed by atoms with E-state index in [9.17, 15) is 0 Å². The molecule has 1 nitrogen and oxygen atoms in total. The van der Waals surface area contributed by atoms with Gasteiger partial charge in [0.25, 0.3) is 0 Å². The molecule has 1 heterocycles. The van der Waals surface area contributed by atoms with Gasteiger partial charge in [0, 0.05) is 20.3 Å². The van der Waals surface area contributed by atoms with E-state index in [1.807, 2.05) is 6.92 Å². The monoisotopic (exact) mass is 233 g/mol. The molecule has 1 rings (SSSR count). The van der Waals surface area contributed by atoms with Crippen LogP contribution in [0.3, 0.4) is 0 Å². The smallest absolute Gasteiger partial charge is 0.0361 e. The molecule has 1 atom stereocenters. The van der Waals surface area contributed by atoms with E-state index in [1.54, 1.807) is 11.3 Å². The van der Waals surface area contributed by atoms with E-state index in [2.05, 4.69) is 28.9 Å². The Bertz CT molecular complexity index is 242. The van der Waals surface area contributed by atoms with E-state index in [-0.39, 0.29) is 6.04 Å². The molecular formula is C8H12BrNS. The number of aryl methyl sites for hydroxylation is 1. The maximum Gasteiger partial charge on any atom is 0.0361 e. The molecule has 0 amide bonds. The Morgan fingerprint density at radius 2 is 2.36 bits per heavy atom. The molecule has 1 aromatic rings. The molecule has 0 aliphatic carbocycles. The van der Waals surface area contributed by atoms with Gasteiger partial charge in [0.1, 0.15) is 0 Å². The van der Waals surface area contributed by atoms with Gasteiger partial charge in [0.2, 0.25) is 0 Å². The van der Waals surface area contributed by atoms with Crippen LogP contribution in [0.5, 0.6) is 0 Å². The highest BCUT2D eigenvalue weighted by atomic mass is 79.9. The van der Waals surface area contributed by atoms with Crippen LogP contribution < -0.4 is 5.73 Å². The fraction of sp³-hybridized carbons (Fsp3) is 0.500. The summed E-state index contributed by atoms with van der Waals surface area (Å²) < 4.78 is 1.21. The molecule has 2 N–H and O–H groups in total. The summed E-state index contributed by atoms with van der Waals surface area (Å²) in [6.07, 6.45) is 1.08. The maximum absolute atomic E-state index is 5.74. The Kier molecular flexibility index (Phi) is 3.10. The topological polar surface area (TPSA) is 26.0 Å². The van der Waals surface area contributed by atoms with Gasteiger partial charge in [-0.15, -0.1) is 11.3 Å². The molecule has 0 aliphatic heterocycles. The van der Waals surface area contributed by atoms with Crippen molar-refractivity contribution in [1.29, 1.82) is 0 Å². The average Bonchev–Trinajstić information content (AvgIpc) is 2.31. The zero-order chi connectivity index (χ0) is 8.43. The Hall–Kier alpha value is 0.140. The van der Waals surface area contributed by atoms with Crippen LogP contribution in [0.15, 0.2) is 10.5 Å². The number of nitrogens with two attached hydrogens (primary N) is 1. The summed E-state index contributed by atoms with van der Waals surface area (Å²) in [7, 11) is 0. The zero-order valence-electron chi connectivity index (χ0n) is 6.73. The number of hydrogen-bond donors (Lipinski definition) is 1. The molecule has 1 aromatic heterocycles. The van der Waals surface area contributed by atoms with Crippen molar-refractivity contribution in [3.63, 3.8) is 0 Å². The third kappa shape index (κ3) is 2.04. The molecule has 1 unspecified atom stereocenters. The van der Waals surface area contributed by atoms with Crippen LogP contribution in [-0.4, -0.2) is 0 Å². The predicted octanol–water partition coefficient (Wildman–Crippen LogP) is 3.09. The average molecular weight is 234 g/mol. The van der Waals surface area contributed by atoms with Gasteiger partial charge in [-0.25, -0.2) is 0 Å². The van der Waals surface area contributed by atoms with Crippen molar-refractivity contribution in [3.05, 3.63) is 20.3 Å². The van der Waals surface area contributed by atoms with Crippen LogP contribution >= 0.6 is 27.3 Å². The SMILES string of the molecule is CCc1sc(C(C)N)cc1Br. The number of thiophene rings is 1. The summed E-state index contributed by atoms with van der Waals surface area (Å²) in [6, 6.07) is 2.28. The minimum Gasteiger partial charge on any atom is -0.324 e. The summed E-state index contributed by atoms with van der Waals surface area (Å²) in [6.45, 7) is 4.17. The highest BCUT2D eigenvalue weighted by Gasteiger charge is 2.07. The first kappa shape index (κ1) is 9.23. The third-order valence-electron chi connectivity index (χ3n) is 1.55. The fourth-order valence-corrected chi connectivity index (χ4v) is 2.76. The highest BCUT2D eigenvalue weighted by molar-refractivity contribution is 9.10. The quantitative estimate of drug-likeness (QED) is 0.836. The fourth-order valence-electron chi connectivity index (χ4n) is 0.891. The second-order valence-electron chi connectivity index (χ2n) is 2.56.